The molecule has 0 radical (unpaired) electrons. The second-order valence-corrected chi connectivity index (χ2v) is 8.59. The van der Waals surface area contributed by atoms with E-state index in [4.69, 9.17) is 16.3 Å². The van der Waals surface area contributed by atoms with Crippen LogP contribution in [0.4, 0.5) is 29.1 Å². The number of nitrogens with one attached hydrogen (secondary N) is 1. The fraction of sp³-hybridized carbons (Fsp3) is 0.0357. The average molecular weight is 600 g/mol. The van der Waals surface area contributed by atoms with E-state index in [1.807, 2.05) is 0 Å². The van der Waals surface area contributed by atoms with Crippen LogP contribution in [0.3, 0.4) is 0 Å². The third-order valence-electron chi connectivity index (χ3n) is 5.53. The molecule has 0 bridgehead atoms. The molecule has 42 heavy (non-hydrogen) atoms. The molecule has 0 aliphatic rings. The number of carbonyl (C=O) groups excluding carboxylic acids is 3. The van der Waals surface area contributed by atoms with E-state index in [1.165, 1.54) is 36.4 Å². The molecular formula is C28H18ClF4N5O4. The summed E-state index contributed by atoms with van der Waals surface area (Å²) in [5.74, 6) is -4.92. The van der Waals surface area contributed by atoms with Crippen molar-refractivity contribution in [1.29, 1.82) is 0 Å². The lowest BCUT2D eigenvalue weighted by molar-refractivity contribution is -0.142. The molecule has 214 valence electrons. The summed E-state index contributed by atoms with van der Waals surface area (Å²) in [7, 11) is 0. The molecule has 2 aromatic carbocycles. The maximum Gasteiger partial charge on any atom is 0.434 e. The van der Waals surface area contributed by atoms with Crippen LogP contribution in [0.15, 0.2) is 92.4 Å². The van der Waals surface area contributed by atoms with Crippen molar-refractivity contribution >= 4 is 40.8 Å². The Morgan fingerprint density at radius 3 is 2.24 bits per heavy atom. The Hall–Kier alpha value is -5.30. The molecule has 3 amide bonds. The fourth-order valence-corrected chi connectivity index (χ4v) is 3.93. The first-order valence-electron chi connectivity index (χ1n) is 11.7. The Morgan fingerprint density at radius 2 is 1.64 bits per heavy atom. The SMILES string of the molecule is C=CC(=O)N(C(=O)C=C)c1nccc(Oc2ccc(NC(=O)c3ncn(-c4ccccc4)c3C(F)(F)F)cc2F)c1Cl. The Morgan fingerprint density at radius 1 is 0.976 bits per heavy atom. The second kappa shape index (κ2) is 12.1. The smallest absolute Gasteiger partial charge is 0.434 e. The van der Waals surface area contributed by atoms with Gasteiger partial charge in [0.05, 0.1) is 0 Å². The summed E-state index contributed by atoms with van der Waals surface area (Å²) in [5.41, 5.74) is -2.30. The van der Waals surface area contributed by atoms with Crippen LogP contribution in [0.25, 0.3) is 5.69 Å². The van der Waals surface area contributed by atoms with Gasteiger partial charge in [0.25, 0.3) is 17.7 Å². The van der Waals surface area contributed by atoms with Gasteiger partial charge in [-0.3, -0.25) is 19.0 Å². The highest BCUT2D eigenvalue weighted by atomic mass is 35.5. The summed E-state index contributed by atoms with van der Waals surface area (Å²) >= 11 is 6.29. The lowest BCUT2D eigenvalue weighted by Gasteiger charge is -2.19. The first kappa shape index (κ1) is 29.7. The van der Waals surface area contributed by atoms with E-state index in [0.29, 0.717) is 4.90 Å². The number of pyridine rings is 1. The molecule has 2 aromatic heterocycles. The highest BCUT2D eigenvalue weighted by Gasteiger charge is 2.40. The second-order valence-electron chi connectivity index (χ2n) is 8.21. The van der Waals surface area contributed by atoms with E-state index >= 15 is 0 Å². The van der Waals surface area contributed by atoms with E-state index in [1.54, 1.807) is 6.07 Å². The molecule has 0 fully saturated rings. The van der Waals surface area contributed by atoms with E-state index in [2.05, 4.69) is 28.4 Å². The zero-order valence-corrected chi connectivity index (χ0v) is 22.0. The summed E-state index contributed by atoms with van der Waals surface area (Å²) in [4.78, 5) is 45.3. The Balaban J connectivity index is 1.59. The van der Waals surface area contributed by atoms with Gasteiger partial charge in [-0.2, -0.15) is 13.2 Å². The normalized spacial score (nSPS) is 11.0. The average Bonchev–Trinajstić information content (AvgIpc) is 3.43. The number of aromatic nitrogens is 3. The third-order valence-corrected chi connectivity index (χ3v) is 5.89. The number of rotatable bonds is 8. The lowest BCUT2D eigenvalue weighted by atomic mass is 10.2. The molecular weight excluding hydrogens is 582 g/mol. The van der Waals surface area contributed by atoms with Crippen LogP contribution in [0.1, 0.15) is 16.2 Å². The summed E-state index contributed by atoms with van der Waals surface area (Å²) in [6.07, 6.45) is -1.22. The topological polar surface area (TPSA) is 106 Å². The van der Waals surface area contributed by atoms with E-state index < -0.39 is 46.9 Å². The molecule has 0 saturated carbocycles. The maximum absolute atomic E-state index is 15.0. The first-order valence-corrected chi connectivity index (χ1v) is 12.1. The molecule has 0 aliphatic heterocycles. The number of carbonyl (C=O) groups is 3. The Labute approximate surface area is 240 Å². The van der Waals surface area contributed by atoms with Crippen molar-refractivity contribution in [2.24, 2.45) is 0 Å². The van der Waals surface area contributed by atoms with Gasteiger partial charge in [0.1, 0.15) is 11.3 Å². The number of benzene rings is 2. The number of hydrogen-bond donors (Lipinski definition) is 1. The minimum atomic E-state index is -4.94. The van der Waals surface area contributed by atoms with Crippen LogP contribution in [-0.4, -0.2) is 32.3 Å². The van der Waals surface area contributed by atoms with Crippen molar-refractivity contribution in [3.05, 3.63) is 115 Å². The van der Waals surface area contributed by atoms with Crippen molar-refractivity contribution in [2.45, 2.75) is 6.18 Å². The lowest BCUT2D eigenvalue weighted by Crippen LogP contribution is -2.35. The van der Waals surface area contributed by atoms with Gasteiger partial charge in [0.15, 0.2) is 34.5 Å². The first-order chi connectivity index (χ1) is 20.0. The van der Waals surface area contributed by atoms with Gasteiger partial charge in [-0.1, -0.05) is 43.0 Å². The minimum absolute atomic E-state index is 0.132. The van der Waals surface area contributed by atoms with Gasteiger partial charge >= 0.3 is 6.18 Å². The molecule has 0 spiro atoms. The van der Waals surface area contributed by atoms with Gasteiger partial charge in [-0.05, 0) is 36.4 Å². The van der Waals surface area contributed by atoms with Crippen LogP contribution >= 0.6 is 11.6 Å². The largest absolute Gasteiger partial charge is 0.453 e. The third kappa shape index (κ3) is 6.05. The Kier molecular flexibility index (Phi) is 8.52. The molecule has 14 heteroatoms. The molecule has 1 N–H and O–H groups in total. The van der Waals surface area contributed by atoms with Crippen LogP contribution in [0, 0.1) is 5.82 Å². The predicted molar refractivity (Wildman–Crippen MR) is 145 cm³/mol. The molecule has 0 aliphatic carbocycles. The number of halogens is 5. The van der Waals surface area contributed by atoms with Crippen molar-refractivity contribution in [1.82, 2.24) is 14.5 Å². The molecule has 0 unspecified atom stereocenters. The van der Waals surface area contributed by atoms with Crippen molar-refractivity contribution < 1.29 is 36.7 Å². The number of para-hydroxylation sites is 1. The summed E-state index contributed by atoms with van der Waals surface area (Å²) < 4.78 is 62.9. The predicted octanol–water partition coefficient (Wildman–Crippen LogP) is 6.35. The number of hydrogen-bond acceptors (Lipinski definition) is 6. The van der Waals surface area contributed by atoms with E-state index in [0.717, 1.165) is 41.4 Å². The fourth-order valence-electron chi connectivity index (χ4n) is 3.69. The highest BCUT2D eigenvalue weighted by molar-refractivity contribution is 6.36. The van der Waals surface area contributed by atoms with Crippen LogP contribution in [0.2, 0.25) is 5.02 Å². The van der Waals surface area contributed by atoms with Crippen LogP contribution in [0.5, 0.6) is 11.5 Å². The standard InChI is InChI=1S/C28H18ClF4N5O4/c1-3-21(39)38(22(40)4-2)26-23(29)20(12-13-34-26)42-19-11-10-16(14-18(19)30)36-27(41)24-25(28(31,32)33)37(15-35-24)17-8-6-5-7-9-17/h3-15H,1-2H2,(H,36,41). The van der Waals surface area contributed by atoms with Gasteiger partial charge in [-0.15, -0.1) is 0 Å². The summed E-state index contributed by atoms with van der Waals surface area (Å²) in [6.45, 7) is 6.63. The molecule has 4 rings (SSSR count). The maximum atomic E-state index is 15.0. The quantitative estimate of drug-likeness (QED) is 0.187. The van der Waals surface area contributed by atoms with Gasteiger partial charge in [-0.25, -0.2) is 19.3 Å². The zero-order chi connectivity index (χ0) is 30.6. The monoisotopic (exact) mass is 599 g/mol. The Bertz CT molecular complexity index is 1690. The van der Waals surface area contributed by atoms with Gasteiger partial charge in [0.2, 0.25) is 0 Å². The van der Waals surface area contributed by atoms with E-state index in [-0.39, 0.29) is 28.0 Å². The number of alkyl halides is 3. The van der Waals surface area contributed by atoms with Gasteiger partial charge < -0.3 is 10.1 Å². The molecule has 2 heterocycles. The zero-order valence-electron chi connectivity index (χ0n) is 21.2. The van der Waals surface area contributed by atoms with Gasteiger partial charge in [0, 0.05) is 29.7 Å². The summed E-state index contributed by atoms with van der Waals surface area (Å²) in [5, 5.41) is 1.87. The molecule has 4 aromatic rings. The number of imide groups is 1. The number of ether oxygens (including phenoxy) is 1. The number of nitrogens with zero attached hydrogens (tertiary/aromatic N) is 4. The molecule has 0 atom stereocenters. The van der Waals surface area contributed by atoms with Crippen molar-refractivity contribution in [3.8, 4) is 17.2 Å². The number of amides is 3. The summed E-state index contributed by atoms with van der Waals surface area (Å²) in [6, 6.07) is 11.8. The van der Waals surface area contributed by atoms with Crippen molar-refractivity contribution in [3.63, 3.8) is 0 Å². The minimum Gasteiger partial charge on any atom is -0.453 e. The number of imidazole rings is 1. The van der Waals surface area contributed by atoms with E-state index in [9.17, 15) is 31.9 Å². The molecule has 9 nitrogen and oxygen atoms in total. The highest BCUT2D eigenvalue weighted by Crippen LogP contribution is 2.37. The van der Waals surface area contributed by atoms with Crippen LogP contribution < -0.4 is 15.0 Å². The number of anilines is 2. The molecule has 0 saturated heterocycles. The van der Waals surface area contributed by atoms with Crippen molar-refractivity contribution in [2.75, 3.05) is 10.2 Å². The van der Waals surface area contributed by atoms with Crippen LogP contribution in [-0.2, 0) is 15.8 Å².